The molecule has 3 aromatic rings. The molecule has 0 radical (unpaired) electrons. The third kappa shape index (κ3) is 2.55. The van der Waals surface area contributed by atoms with Crippen LogP contribution < -0.4 is 5.32 Å². The summed E-state index contributed by atoms with van der Waals surface area (Å²) in [5, 5.41) is 22.3. The Hall–Kier alpha value is -2.89. The van der Waals surface area contributed by atoms with Gasteiger partial charge in [-0.1, -0.05) is 18.2 Å². The molecule has 3 rings (SSSR count). The van der Waals surface area contributed by atoms with Crippen LogP contribution in [0.5, 0.6) is 0 Å². The lowest BCUT2D eigenvalue weighted by Crippen LogP contribution is -2.09. The molecule has 6 heteroatoms. The first-order chi connectivity index (χ1) is 10.1. The third-order valence-corrected chi connectivity index (χ3v) is 3.43. The molecule has 2 aromatic carbocycles. The highest BCUT2D eigenvalue weighted by molar-refractivity contribution is 5.81. The molecular weight excluding hydrogens is 268 g/mol. The van der Waals surface area contributed by atoms with Gasteiger partial charge in [0.25, 0.3) is 5.69 Å². The Morgan fingerprint density at radius 3 is 2.90 bits per heavy atom. The molecule has 0 aliphatic heterocycles. The summed E-state index contributed by atoms with van der Waals surface area (Å²) in [5.41, 5.74) is 2.60. The maximum absolute atomic E-state index is 11.1. The summed E-state index contributed by atoms with van der Waals surface area (Å²) in [6.07, 6.45) is 1.75. The molecule has 1 aromatic heterocycles. The summed E-state index contributed by atoms with van der Waals surface area (Å²) in [6, 6.07) is 12.4. The monoisotopic (exact) mass is 282 g/mol. The topological polar surface area (TPSA) is 83.8 Å². The molecule has 6 nitrogen and oxygen atoms in total. The van der Waals surface area contributed by atoms with Gasteiger partial charge in [0, 0.05) is 17.1 Å². The van der Waals surface area contributed by atoms with E-state index < -0.39 is 0 Å². The predicted molar refractivity (Wildman–Crippen MR) is 81.2 cm³/mol. The van der Waals surface area contributed by atoms with Crippen molar-refractivity contribution in [3.8, 4) is 0 Å². The second-order valence-corrected chi connectivity index (χ2v) is 4.85. The number of aromatic amines is 1. The Morgan fingerprint density at radius 1 is 1.29 bits per heavy atom. The first kappa shape index (κ1) is 13.1. The molecule has 0 saturated heterocycles. The average molecular weight is 282 g/mol. The fourth-order valence-corrected chi connectivity index (χ4v) is 2.37. The number of hydrogen-bond acceptors (Lipinski definition) is 4. The first-order valence-corrected chi connectivity index (χ1v) is 6.58. The number of anilines is 1. The molecule has 2 N–H and O–H groups in total. The number of benzene rings is 2. The van der Waals surface area contributed by atoms with Gasteiger partial charge in [-0.15, -0.1) is 0 Å². The van der Waals surface area contributed by atoms with Crippen LogP contribution in [0.2, 0.25) is 0 Å². The predicted octanol–water partition coefficient (Wildman–Crippen LogP) is 3.64. The van der Waals surface area contributed by atoms with Gasteiger partial charge >= 0.3 is 0 Å². The second-order valence-electron chi connectivity index (χ2n) is 4.85. The van der Waals surface area contributed by atoms with E-state index in [1.165, 1.54) is 6.07 Å². The average Bonchev–Trinajstić information content (AvgIpc) is 2.94. The van der Waals surface area contributed by atoms with Crippen molar-refractivity contribution in [2.45, 2.75) is 13.0 Å². The smallest absolute Gasteiger partial charge is 0.274 e. The van der Waals surface area contributed by atoms with Gasteiger partial charge in [-0.2, -0.15) is 5.10 Å². The molecular formula is C15H14N4O2. The van der Waals surface area contributed by atoms with Crippen molar-refractivity contribution in [3.63, 3.8) is 0 Å². The zero-order chi connectivity index (χ0) is 14.8. The third-order valence-electron chi connectivity index (χ3n) is 3.43. The van der Waals surface area contributed by atoms with Crippen molar-refractivity contribution in [1.29, 1.82) is 0 Å². The molecule has 21 heavy (non-hydrogen) atoms. The van der Waals surface area contributed by atoms with Gasteiger partial charge in [-0.25, -0.2) is 0 Å². The van der Waals surface area contributed by atoms with Crippen LogP contribution in [0.3, 0.4) is 0 Å². The van der Waals surface area contributed by atoms with E-state index in [1.54, 1.807) is 24.4 Å². The first-order valence-electron chi connectivity index (χ1n) is 6.58. The van der Waals surface area contributed by atoms with Crippen molar-refractivity contribution in [2.24, 2.45) is 0 Å². The normalized spacial score (nSPS) is 12.2. The molecule has 0 spiro atoms. The minimum absolute atomic E-state index is 0.125. The number of nitro groups is 1. The van der Waals surface area contributed by atoms with Gasteiger partial charge in [0.1, 0.15) is 0 Å². The van der Waals surface area contributed by atoms with Crippen molar-refractivity contribution < 1.29 is 4.92 Å². The lowest BCUT2D eigenvalue weighted by Gasteiger charge is -2.15. The van der Waals surface area contributed by atoms with E-state index in [1.807, 2.05) is 25.1 Å². The van der Waals surface area contributed by atoms with Crippen LogP contribution in [0.4, 0.5) is 11.4 Å². The van der Waals surface area contributed by atoms with Gasteiger partial charge in [-0.3, -0.25) is 15.2 Å². The Morgan fingerprint density at radius 2 is 2.10 bits per heavy atom. The number of rotatable bonds is 4. The highest BCUT2D eigenvalue weighted by Gasteiger charge is 2.17. The maximum atomic E-state index is 11.1. The molecule has 1 heterocycles. The number of fused-ring (bicyclic) bond motifs is 1. The highest BCUT2D eigenvalue weighted by atomic mass is 16.6. The van der Waals surface area contributed by atoms with Crippen molar-refractivity contribution >= 4 is 22.3 Å². The molecule has 0 aliphatic carbocycles. The second kappa shape index (κ2) is 5.24. The highest BCUT2D eigenvalue weighted by Crippen LogP contribution is 2.28. The van der Waals surface area contributed by atoms with Crippen molar-refractivity contribution in [3.05, 3.63) is 64.3 Å². The van der Waals surface area contributed by atoms with E-state index in [0.29, 0.717) is 5.56 Å². The number of nitrogens with zero attached hydrogens (tertiary/aromatic N) is 2. The molecule has 0 aliphatic rings. The molecule has 0 bridgehead atoms. The Kier molecular flexibility index (Phi) is 3.27. The van der Waals surface area contributed by atoms with E-state index in [0.717, 1.165) is 16.6 Å². The van der Waals surface area contributed by atoms with Gasteiger partial charge in [0.15, 0.2) is 0 Å². The Bertz CT molecular complexity index is 797. The van der Waals surface area contributed by atoms with Gasteiger partial charge < -0.3 is 5.32 Å². The number of para-hydroxylation sites is 1. The number of H-pyrrole nitrogens is 1. The van der Waals surface area contributed by atoms with Crippen LogP contribution in [0.25, 0.3) is 10.9 Å². The van der Waals surface area contributed by atoms with Crippen LogP contribution in [0.15, 0.2) is 48.7 Å². The van der Waals surface area contributed by atoms with Crippen LogP contribution in [0.1, 0.15) is 18.5 Å². The number of hydrogen-bond donors (Lipinski definition) is 2. The van der Waals surface area contributed by atoms with Crippen LogP contribution in [-0.2, 0) is 0 Å². The minimum Gasteiger partial charge on any atom is -0.378 e. The van der Waals surface area contributed by atoms with Crippen molar-refractivity contribution in [1.82, 2.24) is 10.2 Å². The van der Waals surface area contributed by atoms with Crippen LogP contribution >= 0.6 is 0 Å². The quantitative estimate of drug-likeness (QED) is 0.565. The van der Waals surface area contributed by atoms with E-state index in [2.05, 4.69) is 15.5 Å². The summed E-state index contributed by atoms with van der Waals surface area (Å²) in [7, 11) is 0. The Labute approximate surface area is 121 Å². The number of aromatic nitrogens is 2. The van der Waals surface area contributed by atoms with Gasteiger partial charge in [0.2, 0.25) is 0 Å². The zero-order valence-electron chi connectivity index (χ0n) is 11.4. The van der Waals surface area contributed by atoms with Gasteiger partial charge in [-0.05, 0) is 25.1 Å². The molecule has 0 fully saturated rings. The molecule has 0 saturated carbocycles. The molecule has 1 atom stereocenters. The van der Waals surface area contributed by atoms with Crippen LogP contribution in [-0.4, -0.2) is 15.1 Å². The molecule has 106 valence electrons. The standard InChI is InChI=1S/C15H14N4O2/c1-10(13-4-2-3-5-15(13)19(20)21)17-12-7-6-11-9-16-18-14(11)8-12/h2-10,17H,1H3,(H,16,18). The maximum Gasteiger partial charge on any atom is 0.274 e. The van der Waals surface area contributed by atoms with E-state index in [4.69, 9.17) is 0 Å². The molecule has 1 unspecified atom stereocenters. The van der Waals surface area contributed by atoms with E-state index in [9.17, 15) is 10.1 Å². The lowest BCUT2D eigenvalue weighted by atomic mass is 10.1. The molecule has 0 amide bonds. The zero-order valence-corrected chi connectivity index (χ0v) is 11.4. The summed E-state index contributed by atoms with van der Waals surface area (Å²) in [4.78, 5) is 10.7. The van der Waals surface area contributed by atoms with E-state index >= 15 is 0 Å². The summed E-state index contributed by atoms with van der Waals surface area (Å²) >= 11 is 0. The minimum atomic E-state index is -0.356. The lowest BCUT2D eigenvalue weighted by molar-refractivity contribution is -0.385. The Balaban J connectivity index is 1.89. The van der Waals surface area contributed by atoms with Gasteiger partial charge in [0.05, 0.1) is 28.2 Å². The van der Waals surface area contributed by atoms with Crippen LogP contribution in [0, 0.1) is 10.1 Å². The fraction of sp³-hybridized carbons (Fsp3) is 0.133. The fourth-order valence-electron chi connectivity index (χ4n) is 2.37. The largest absolute Gasteiger partial charge is 0.378 e. The number of nitrogens with one attached hydrogen (secondary N) is 2. The summed E-state index contributed by atoms with van der Waals surface area (Å²) < 4.78 is 0. The summed E-state index contributed by atoms with van der Waals surface area (Å²) in [6.45, 7) is 1.90. The summed E-state index contributed by atoms with van der Waals surface area (Å²) in [5.74, 6) is 0. The number of nitro benzene ring substituents is 1. The SMILES string of the molecule is CC(Nc1ccc2cn[nH]c2c1)c1ccccc1[N+](=O)[O-]. The van der Waals surface area contributed by atoms with Crippen molar-refractivity contribution in [2.75, 3.05) is 5.32 Å². The van der Waals surface area contributed by atoms with E-state index in [-0.39, 0.29) is 16.7 Å².